The predicted molar refractivity (Wildman–Crippen MR) is 90.4 cm³/mol. The molecule has 1 saturated carbocycles. The summed E-state index contributed by atoms with van der Waals surface area (Å²) >= 11 is 0. The Kier molecular flexibility index (Phi) is 6.54. The van der Waals surface area contributed by atoms with Crippen molar-refractivity contribution in [2.75, 3.05) is 13.1 Å². The van der Waals surface area contributed by atoms with Gasteiger partial charge in [-0.1, -0.05) is 19.3 Å². The van der Waals surface area contributed by atoms with E-state index in [0.29, 0.717) is 6.54 Å². The van der Waals surface area contributed by atoms with E-state index in [1.54, 1.807) is 4.90 Å². The van der Waals surface area contributed by atoms with Crippen LogP contribution in [0.15, 0.2) is 12.4 Å². The Morgan fingerprint density at radius 1 is 1.38 bits per heavy atom. The summed E-state index contributed by atoms with van der Waals surface area (Å²) in [4.78, 5) is 17.7. The van der Waals surface area contributed by atoms with Crippen LogP contribution in [0.25, 0.3) is 0 Å². The second kappa shape index (κ2) is 8.28. The van der Waals surface area contributed by atoms with Gasteiger partial charge in [-0.2, -0.15) is 13.2 Å². The molecule has 2 amide bonds. The maximum absolute atomic E-state index is 13.5. The molecule has 1 unspecified atom stereocenters. The number of carbonyl (C=O) groups is 1. The highest BCUT2D eigenvalue weighted by molar-refractivity contribution is 5.74. The summed E-state index contributed by atoms with van der Waals surface area (Å²) < 4.78 is 41.5. The smallest absolute Gasteiger partial charge is 0.374 e. The summed E-state index contributed by atoms with van der Waals surface area (Å²) in [5.74, 6) is -0.487. The Morgan fingerprint density at radius 2 is 2.04 bits per heavy atom. The molecule has 0 bridgehead atoms. The topological polar surface area (TPSA) is 70.4 Å². The number of hydrogen-bond acceptors (Lipinski definition) is 3. The highest BCUT2D eigenvalue weighted by atomic mass is 19.4. The van der Waals surface area contributed by atoms with E-state index in [1.165, 1.54) is 19.4 Å². The lowest BCUT2D eigenvalue weighted by molar-refractivity contribution is -0.272. The van der Waals surface area contributed by atoms with E-state index in [1.807, 2.05) is 6.92 Å². The maximum atomic E-state index is 13.5. The molecule has 0 aliphatic heterocycles. The van der Waals surface area contributed by atoms with Crippen molar-refractivity contribution in [2.45, 2.75) is 63.3 Å². The standard InChI is InChI=1S/C17H27F3N4O2/c1-3-24(13-7-5-4-6-8-13)15(25)22-10-9-16(26,17(18,19)20)14-21-11-12-23(14)2/h11-13,26H,3-10H2,1-2H3,(H,22,25). The third-order valence-corrected chi connectivity index (χ3v) is 5.04. The van der Waals surface area contributed by atoms with E-state index < -0.39 is 24.0 Å². The lowest BCUT2D eigenvalue weighted by atomic mass is 9.94. The second-order valence-corrected chi connectivity index (χ2v) is 6.78. The Balaban J connectivity index is 2.01. The van der Waals surface area contributed by atoms with E-state index in [4.69, 9.17) is 0 Å². The first-order chi connectivity index (χ1) is 12.2. The molecule has 1 atom stereocenters. The highest BCUT2D eigenvalue weighted by Crippen LogP contribution is 2.40. The van der Waals surface area contributed by atoms with Crippen LogP contribution in [-0.2, 0) is 12.6 Å². The van der Waals surface area contributed by atoms with E-state index in [2.05, 4.69) is 10.3 Å². The monoisotopic (exact) mass is 376 g/mol. The van der Waals surface area contributed by atoms with Gasteiger partial charge < -0.3 is 19.9 Å². The summed E-state index contributed by atoms with van der Waals surface area (Å²) in [6, 6.07) is -0.256. The maximum Gasteiger partial charge on any atom is 0.424 e. The zero-order valence-electron chi connectivity index (χ0n) is 15.2. The zero-order chi connectivity index (χ0) is 19.4. The molecule has 148 valence electrons. The van der Waals surface area contributed by atoms with Crippen molar-refractivity contribution in [1.29, 1.82) is 0 Å². The first-order valence-corrected chi connectivity index (χ1v) is 9.02. The van der Waals surface area contributed by atoms with Crippen LogP contribution < -0.4 is 5.32 Å². The lowest BCUT2D eigenvalue weighted by Gasteiger charge is -2.34. The van der Waals surface area contributed by atoms with Gasteiger partial charge in [0.15, 0.2) is 0 Å². The number of hydrogen-bond donors (Lipinski definition) is 2. The number of nitrogens with zero attached hydrogens (tertiary/aromatic N) is 3. The molecule has 0 spiro atoms. The van der Waals surface area contributed by atoms with Crippen molar-refractivity contribution in [3.8, 4) is 0 Å². The van der Waals surface area contributed by atoms with Crippen LogP contribution >= 0.6 is 0 Å². The highest BCUT2D eigenvalue weighted by Gasteiger charge is 2.57. The number of alkyl halides is 3. The van der Waals surface area contributed by atoms with Crippen LogP contribution in [0.5, 0.6) is 0 Å². The van der Waals surface area contributed by atoms with Crippen LogP contribution in [0.3, 0.4) is 0 Å². The molecule has 0 aromatic carbocycles. The normalized spacial score (nSPS) is 18.4. The van der Waals surface area contributed by atoms with Crippen molar-refractivity contribution >= 4 is 6.03 Å². The molecule has 1 aliphatic rings. The van der Waals surface area contributed by atoms with E-state index in [0.717, 1.165) is 36.7 Å². The largest absolute Gasteiger partial charge is 0.424 e. The number of aliphatic hydroxyl groups is 1. The molecule has 6 nitrogen and oxygen atoms in total. The molecule has 2 N–H and O–H groups in total. The van der Waals surface area contributed by atoms with Crippen molar-refractivity contribution in [3.63, 3.8) is 0 Å². The van der Waals surface area contributed by atoms with Crippen LogP contribution in [-0.4, -0.2) is 50.9 Å². The quantitative estimate of drug-likeness (QED) is 0.802. The molecule has 1 heterocycles. The Hall–Kier alpha value is -1.77. The number of halogens is 3. The molecule has 1 aliphatic carbocycles. The first-order valence-electron chi connectivity index (χ1n) is 9.02. The molecule has 9 heteroatoms. The summed E-state index contributed by atoms with van der Waals surface area (Å²) in [5.41, 5.74) is -3.11. The number of urea groups is 1. The van der Waals surface area contributed by atoms with Crippen LogP contribution in [0.4, 0.5) is 18.0 Å². The molecular weight excluding hydrogens is 349 g/mol. The number of aromatic nitrogens is 2. The van der Waals surface area contributed by atoms with Gasteiger partial charge in [-0.3, -0.25) is 0 Å². The molecule has 2 rings (SSSR count). The van der Waals surface area contributed by atoms with Gasteiger partial charge in [-0.15, -0.1) is 0 Å². The van der Waals surface area contributed by atoms with Gasteiger partial charge in [0.25, 0.3) is 0 Å². The molecule has 26 heavy (non-hydrogen) atoms. The summed E-state index contributed by atoms with van der Waals surface area (Å²) in [6.07, 6.45) is 2.04. The fraction of sp³-hybridized carbons (Fsp3) is 0.765. The molecule has 0 radical (unpaired) electrons. The minimum absolute atomic E-state index is 0.129. The lowest BCUT2D eigenvalue weighted by Crippen LogP contribution is -2.50. The van der Waals surface area contributed by atoms with Crippen LogP contribution in [0.2, 0.25) is 0 Å². The average Bonchev–Trinajstić information content (AvgIpc) is 3.02. The predicted octanol–water partition coefficient (Wildman–Crippen LogP) is 2.92. The Morgan fingerprint density at radius 3 is 2.54 bits per heavy atom. The summed E-state index contributed by atoms with van der Waals surface area (Å²) in [6.45, 7) is 2.05. The Bertz CT molecular complexity index is 599. The minimum atomic E-state index is -4.90. The average molecular weight is 376 g/mol. The minimum Gasteiger partial charge on any atom is -0.374 e. The van der Waals surface area contributed by atoms with Gasteiger partial charge >= 0.3 is 12.2 Å². The van der Waals surface area contributed by atoms with Gasteiger partial charge in [0.2, 0.25) is 5.60 Å². The van der Waals surface area contributed by atoms with E-state index in [9.17, 15) is 23.1 Å². The van der Waals surface area contributed by atoms with E-state index >= 15 is 0 Å². The van der Waals surface area contributed by atoms with Gasteiger partial charge in [0.05, 0.1) is 0 Å². The van der Waals surface area contributed by atoms with Crippen molar-refractivity contribution < 1.29 is 23.1 Å². The Labute approximate surface area is 151 Å². The van der Waals surface area contributed by atoms with Crippen LogP contribution in [0, 0.1) is 0 Å². The van der Waals surface area contributed by atoms with Crippen molar-refractivity contribution in [3.05, 3.63) is 18.2 Å². The number of aryl methyl sites for hydroxylation is 1. The number of amides is 2. The first kappa shape index (κ1) is 20.5. The summed E-state index contributed by atoms with van der Waals surface area (Å²) in [5, 5.41) is 12.8. The zero-order valence-corrected chi connectivity index (χ0v) is 15.2. The molecule has 1 aromatic heterocycles. The SMILES string of the molecule is CCN(C(=O)NCCC(O)(c1nccn1C)C(F)(F)F)C1CCCCC1. The molecular formula is C17H27F3N4O2. The van der Waals surface area contributed by atoms with E-state index in [-0.39, 0.29) is 18.6 Å². The van der Waals surface area contributed by atoms with Crippen molar-refractivity contribution in [1.82, 2.24) is 19.8 Å². The molecule has 1 fully saturated rings. The third kappa shape index (κ3) is 4.31. The van der Waals surface area contributed by atoms with Gasteiger partial charge in [0, 0.05) is 45.0 Å². The fourth-order valence-corrected chi connectivity index (χ4v) is 3.56. The molecule has 1 aromatic rings. The number of nitrogens with one attached hydrogen (secondary N) is 1. The van der Waals surface area contributed by atoms with Crippen molar-refractivity contribution in [2.24, 2.45) is 7.05 Å². The summed E-state index contributed by atoms with van der Waals surface area (Å²) in [7, 11) is 1.39. The van der Waals surface area contributed by atoms with Gasteiger partial charge in [-0.05, 0) is 19.8 Å². The van der Waals surface area contributed by atoms with Gasteiger partial charge in [0.1, 0.15) is 5.82 Å². The second-order valence-electron chi connectivity index (χ2n) is 6.78. The van der Waals surface area contributed by atoms with Crippen LogP contribution in [0.1, 0.15) is 51.3 Å². The number of carbonyl (C=O) groups excluding carboxylic acids is 1. The molecule has 0 saturated heterocycles. The third-order valence-electron chi connectivity index (χ3n) is 5.04. The number of rotatable bonds is 6. The fourth-order valence-electron chi connectivity index (χ4n) is 3.56. The van der Waals surface area contributed by atoms with Gasteiger partial charge in [-0.25, -0.2) is 9.78 Å². The number of imidazole rings is 1.